The van der Waals surface area contributed by atoms with Crippen LogP contribution in [-0.2, 0) is 0 Å². The van der Waals surface area contributed by atoms with Gasteiger partial charge in [0.05, 0.1) is 20.3 Å². The summed E-state index contributed by atoms with van der Waals surface area (Å²) >= 11 is 0. The smallest absolute Gasteiger partial charge is 0.290 e. The van der Waals surface area contributed by atoms with Gasteiger partial charge >= 0.3 is 0 Å². The predicted molar refractivity (Wildman–Crippen MR) is 98.8 cm³/mol. The molecule has 1 aliphatic heterocycles. The Kier molecular flexibility index (Phi) is 4.29. The molecule has 1 saturated heterocycles. The quantitative estimate of drug-likeness (QED) is 0.698. The first-order chi connectivity index (χ1) is 12.7. The second-order valence-corrected chi connectivity index (χ2v) is 6.41. The first-order valence-electron chi connectivity index (χ1n) is 8.72. The van der Waals surface area contributed by atoms with Crippen LogP contribution in [0.25, 0.3) is 11.0 Å². The Morgan fingerprint density at radius 2 is 1.96 bits per heavy atom. The minimum Gasteiger partial charge on any atom is -0.497 e. The van der Waals surface area contributed by atoms with Gasteiger partial charge in [0.25, 0.3) is 5.91 Å². The number of hydrogen-bond acceptors (Lipinski definition) is 4. The van der Waals surface area contributed by atoms with Gasteiger partial charge in [0.2, 0.25) is 0 Å². The molecule has 0 spiro atoms. The molecule has 1 amide bonds. The van der Waals surface area contributed by atoms with Crippen molar-refractivity contribution in [1.29, 1.82) is 0 Å². The van der Waals surface area contributed by atoms with Crippen LogP contribution in [0.2, 0.25) is 0 Å². The summed E-state index contributed by atoms with van der Waals surface area (Å²) in [7, 11) is 3.28. The molecule has 5 heteroatoms. The fourth-order valence-electron chi connectivity index (χ4n) is 3.66. The summed E-state index contributed by atoms with van der Waals surface area (Å²) in [5.74, 6) is 1.80. The number of amides is 1. The zero-order valence-electron chi connectivity index (χ0n) is 14.9. The fourth-order valence-corrected chi connectivity index (χ4v) is 3.66. The van der Waals surface area contributed by atoms with Crippen molar-refractivity contribution < 1.29 is 18.7 Å². The fraction of sp³-hybridized carbons (Fsp3) is 0.286. The number of benzene rings is 2. The number of fused-ring (bicyclic) bond motifs is 1. The topological polar surface area (TPSA) is 51.9 Å². The molecule has 1 atom stereocenters. The normalized spacial score (nSPS) is 16.8. The van der Waals surface area contributed by atoms with Crippen molar-refractivity contribution in [2.75, 3.05) is 20.8 Å². The van der Waals surface area contributed by atoms with Crippen LogP contribution in [0.15, 0.2) is 52.9 Å². The first-order valence-corrected chi connectivity index (χ1v) is 8.72. The molecule has 0 aliphatic carbocycles. The summed E-state index contributed by atoms with van der Waals surface area (Å²) in [6.07, 6.45) is 1.83. The van der Waals surface area contributed by atoms with Gasteiger partial charge in [-0.25, -0.2) is 0 Å². The molecular formula is C21H21NO4. The Labute approximate surface area is 152 Å². The highest BCUT2D eigenvalue weighted by Gasteiger charge is 2.34. The van der Waals surface area contributed by atoms with E-state index in [2.05, 4.69) is 0 Å². The number of likely N-dealkylation sites (tertiary alicyclic amines) is 1. The summed E-state index contributed by atoms with van der Waals surface area (Å²) in [5, 5.41) is 0.936. The monoisotopic (exact) mass is 351 g/mol. The minimum atomic E-state index is -0.0893. The zero-order valence-corrected chi connectivity index (χ0v) is 14.9. The summed E-state index contributed by atoms with van der Waals surface area (Å²) in [6.45, 7) is 0.695. The Balaban J connectivity index is 1.69. The molecule has 0 radical (unpaired) electrons. The molecule has 3 aromatic rings. The van der Waals surface area contributed by atoms with Gasteiger partial charge in [-0.05, 0) is 43.2 Å². The summed E-state index contributed by atoms with van der Waals surface area (Å²) in [5.41, 5.74) is 1.69. The van der Waals surface area contributed by atoms with Crippen LogP contribution in [0.5, 0.6) is 11.5 Å². The van der Waals surface area contributed by atoms with Gasteiger partial charge in [0.15, 0.2) is 5.76 Å². The van der Waals surface area contributed by atoms with Crippen molar-refractivity contribution >= 4 is 16.9 Å². The average Bonchev–Trinajstić information content (AvgIpc) is 3.33. The first kappa shape index (κ1) is 16.5. The Morgan fingerprint density at radius 1 is 1.12 bits per heavy atom. The number of furan rings is 1. The maximum absolute atomic E-state index is 13.1. The highest BCUT2D eigenvalue weighted by Crippen LogP contribution is 2.39. The average molecular weight is 351 g/mol. The molecule has 0 bridgehead atoms. The van der Waals surface area contributed by atoms with E-state index in [4.69, 9.17) is 13.9 Å². The van der Waals surface area contributed by atoms with Crippen LogP contribution in [0, 0.1) is 0 Å². The summed E-state index contributed by atoms with van der Waals surface area (Å²) in [4.78, 5) is 15.0. The van der Waals surface area contributed by atoms with Gasteiger partial charge in [-0.3, -0.25) is 4.79 Å². The van der Waals surface area contributed by atoms with E-state index in [1.807, 2.05) is 53.4 Å². The molecule has 1 aliphatic rings. The number of rotatable bonds is 4. The second-order valence-electron chi connectivity index (χ2n) is 6.41. The van der Waals surface area contributed by atoms with Crippen molar-refractivity contribution in [3.05, 3.63) is 59.9 Å². The van der Waals surface area contributed by atoms with E-state index < -0.39 is 0 Å². The number of ether oxygens (including phenoxy) is 2. The molecule has 134 valence electrons. The molecule has 26 heavy (non-hydrogen) atoms. The highest BCUT2D eigenvalue weighted by atomic mass is 16.5. The van der Waals surface area contributed by atoms with Gasteiger partial charge in [-0.1, -0.05) is 18.2 Å². The summed E-state index contributed by atoms with van der Waals surface area (Å²) in [6, 6.07) is 15.1. The molecule has 1 unspecified atom stereocenters. The van der Waals surface area contributed by atoms with Crippen LogP contribution in [0.4, 0.5) is 0 Å². The van der Waals surface area contributed by atoms with E-state index in [9.17, 15) is 4.79 Å². The second kappa shape index (κ2) is 6.75. The van der Waals surface area contributed by atoms with Gasteiger partial charge in [0, 0.05) is 17.5 Å². The van der Waals surface area contributed by atoms with E-state index in [1.165, 1.54) is 0 Å². The number of carbonyl (C=O) groups excluding carboxylic acids is 1. The van der Waals surface area contributed by atoms with Gasteiger partial charge < -0.3 is 18.8 Å². The number of methoxy groups -OCH3 is 2. The van der Waals surface area contributed by atoms with Crippen molar-refractivity contribution in [3.63, 3.8) is 0 Å². The SMILES string of the molecule is COc1ccc(OC)c(C2CCCN2C(=O)c2cc3ccccc3o2)c1. The van der Waals surface area contributed by atoms with E-state index in [1.54, 1.807) is 14.2 Å². The van der Waals surface area contributed by atoms with Crippen LogP contribution in [0.1, 0.15) is 35.0 Å². The zero-order chi connectivity index (χ0) is 18.1. The third-order valence-electron chi connectivity index (χ3n) is 4.95. The van der Waals surface area contributed by atoms with Crippen molar-refractivity contribution in [3.8, 4) is 11.5 Å². The van der Waals surface area contributed by atoms with Gasteiger partial charge in [-0.15, -0.1) is 0 Å². The highest BCUT2D eigenvalue weighted by molar-refractivity contribution is 5.96. The lowest BCUT2D eigenvalue weighted by Gasteiger charge is -2.26. The molecule has 0 N–H and O–H groups in total. The Morgan fingerprint density at radius 3 is 2.73 bits per heavy atom. The van der Waals surface area contributed by atoms with Crippen LogP contribution in [-0.4, -0.2) is 31.6 Å². The minimum absolute atomic E-state index is 0.0548. The van der Waals surface area contributed by atoms with E-state index >= 15 is 0 Å². The number of carbonyl (C=O) groups is 1. The summed E-state index contributed by atoms with van der Waals surface area (Å²) < 4.78 is 16.7. The molecule has 4 rings (SSSR count). The van der Waals surface area contributed by atoms with Crippen molar-refractivity contribution in [1.82, 2.24) is 4.90 Å². The molecule has 0 saturated carbocycles. The van der Waals surface area contributed by atoms with Gasteiger partial charge in [-0.2, -0.15) is 0 Å². The number of nitrogens with zero attached hydrogens (tertiary/aromatic N) is 1. The lowest BCUT2D eigenvalue weighted by atomic mass is 10.0. The predicted octanol–water partition coefficient (Wildman–Crippen LogP) is 4.43. The standard InChI is InChI=1S/C21H21NO4/c1-24-15-9-10-19(25-2)16(13-15)17-7-5-11-22(17)21(23)20-12-14-6-3-4-8-18(14)26-20/h3-4,6,8-10,12-13,17H,5,7,11H2,1-2H3. The molecule has 2 heterocycles. The van der Waals surface area contributed by atoms with E-state index in [0.717, 1.165) is 40.9 Å². The van der Waals surface area contributed by atoms with E-state index in [0.29, 0.717) is 12.3 Å². The maximum Gasteiger partial charge on any atom is 0.290 e. The number of para-hydroxylation sites is 1. The molecule has 5 nitrogen and oxygen atoms in total. The largest absolute Gasteiger partial charge is 0.497 e. The van der Waals surface area contributed by atoms with E-state index in [-0.39, 0.29) is 11.9 Å². The van der Waals surface area contributed by atoms with Crippen LogP contribution < -0.4 is 9.47 Å². The van der Waals surface area contributed by atoms with Crippen molar-refractivity contribution in [2.24, 2.45) is 0 Å². The van der Waals surface area contributed by atoms with Crippen LogP contribution >= 0.6 is 0 Å². The Bertz CT molecular complexity index is 913. The molecule has 1 fully saturated rings. The third kappa shape index (κ3) is 2.79. The van der Waals surface area contributed by atoms with Gasteiger partial charge in [0.1, 0.15) is 17.1 Å². The lowest BCUT2D eigenvalue weighted by Crippen LogP contribution is -2.30. The lowest BCUT2D eigenvalue weighted by molar-refractivity contribution is 0.0704. The maximum atomic E-state index is 13.1. The Hall–Kier alpha value is -2.95. The van der Waals surface area contributed by atoms with Crippen LogP contribution in [0.3, 0.4) is 0 Å². The number of hydrogen-bond donors (Lipinski definition) is 0. The molecule has 2 aromatic carbocycles. The van der Waals surface area contributed by atoms with Crippen molar-refractivity contribution in [2.45, 2.75) is 18.9 Å². The molecular weight excluding hydrogens is 330 g/mol. The molecule has 1 aromatic heterocycles. The third-order valence-corrected chi connectivity index (χ3v) is 4.95.